The summed E-state index contributed by atoms with van der Waals surface area (Å²) in [5.41, 5.74) is 0.936. The fourth-order valence-corrected chi connectivity index (χ4v) is 2.41. The Morgan fingerprint density at radius 3 is 1.89 bits per heavy atom. The van der Waals surface area contributed by atoms with Gasteiger partial charge in [0.15, 0.2) is 6.29 Å². The number of carbonyl (C=O) groups excluding carboxylic acids is 1. The molecule has 0 radical (unpaired) electrons. The van der Waals surface area contributed by atoms with Crippen LogP contribution in [-0.2, 0) is 0 Å². The van der Waals surface area contributed by atoms with Crippen LogP contribution in [0.2, 0.25) is 0 Å². The molecule has 3 rings (SSSR count). The van der Waals surface area contributed by atoms with Gasteiger partial charge >= 0.3 is 0 Å². The van der Waals surface area contributed by atoms with Crippen molar-refractivity contribution >= 4 is 27.8 Å². The molecule has 0 fully saturated rings. The van der Waals surface area contributed by atoms with Crippen LogP contribution in [0.1, 0.15) is 15.9 Å². The van der Waals surface area contributed by atoms with Gasteiger partial charge in [-0.05, 0) is 16.2 Å². The summed E-state index contributed by atoms with van der Waals surface area (Å²) < 4.78 is 0. The number of hydrogen-bond acceptors (Lipinski definition) is 2. The summed E-state index contributed by atoms with van der Waals surface area (Å²) in [6.45, 7) is 0. The number of carbonyl (C=O) groups is 1. The van der Waals surface area contributed by atoms with Gasteiger partial charge in [-0.1, -0.05) is 48.5 Å². The molecule has 0 N–H and O–H groups in total. The standard InChI is InChI=1S/C16H9NO/c17-9-15-13-7-3-1-5-11(13)12-6-2-4-8-14(12)16(15)10-18/h1-8,10H. The van der Waals surface area contributed by atoms with Crippen molar-refractivity contribution in [1.29, 1.82) is 5.26 Å². The summed E-state index contributed by atoms with van der Waals surface area (Å²) in [4.78, 5) is 11.3. The topological polar surface area (TPSA) is 40.9 Å². The van der Waals surface area contributed by atoms with Crippen molar-refractivity contribution in [3.63, 3.8) is 0 Å². The lowest BCUT2D eigenvalue weighted by Gasteiger charge is -2.09. The summed E-state index contributed by atoms with van der Waals surface area (Å²) in [7, 11) is 0. The highest BCUT2D eigenvalue weighted by atomic mass is 16.1. The molecule has 0 aromatic heterocycles. The van der Waals surface area contributed by atoms with Crippen LogP contribution in [-0.4, -0.2) is 6.29 Å². The largest absolute Gasteiger partial charge is 0.298 e. The van der Waals surface area contributed by atoms with Gasteiger partial charge in [0, 0.05) is 10.9 Å². The number of nitrogens with zero attached hydrogens (tertiary/aromatic N) is 1. The Morgan fingerprint density at radius 2 is 1.33 bits per heavy atom. The lowest BCUT2D eigenvalue weighted by atomic mass is 9.93. The molecular formula is C16H9NO. The molecule has 0 spiro atoms. The SMILES string of the molecule is N#Cc1c(C=O)c2ccccc2c2ccccc12. The lowest BCUT2D eigenvalue weighted by Crippen LogP contribution is -1.92. The summed E-state index contributed by atoms with van der Waals surface area (Å²) in [6.07, 6.45) is 0.771. The maximum absolute atomic E-state index is 11.3. The van der Waals surface area contributed by atoms with E-state index >= 15 is 0 Å². The van der Waals surface area contributed by atoms with Crippen molar-refractivity contribution in [2.45, 2.75) is 0 Å². The molecule has 3 aromatic carbocycles. The minimum absolute atomic E-state index is 0.458. The van der Waals surface area contributed by atoms with E-state index in [1.54, 1.807) is 0 Å². The monoisotopic (exact) mass is 231 g/mol. The first-order valence-electron chi connectivity index (χ1n) is 5.65. The molecule has 0 saturated heterocycles. The summed E-state index contributed by atoms with van der Waals surface area (Å²) in [5, 5.41) is 13.0. The van der Waals surface area contributed by atoms with E-state index in [1.807, 2.05) is 48.5 Å². The number of aldehydes is 1. The summed E-state index contributed by atoms with van der Waals surface area (Å²) >= 11 is 0. The minimum Gasteiger partial charge on any atom is -0.298 e. The van der Waals surface area contributed by atoms with E-state index in [0.29, 0.717) is 11.1 Å². The second-order valence-electron chi connectivity index (χ2n) is 4.11. The predicted octanol–water partition coefficient (Wildman–Crippen LogP) is 3.68. The summed E-state index contributed by atoms with van der Waals surface area (Å²) in [5.74, 6) is 0. The van der Waals surface area contributed by atoms with Crippen molar-refractivity contribution < 1.29 is 4.79 Å². The Morgan fingerprint density at radius 1 is 0.833 bits per heavy atom. The van der Waals surface area contributed by atoms with E-state index in [4.69, 9.17) is 0 Å². The molecule has 0 saturated carbocycles. The van der Waals surface area contributed by atoms with Gasteiger partial charge in [-0.3, -0.25) is 4.79 Å². The molecule has 0 amide bonds. The van der Waals surface area contributed by atoms with Gasteiger partial charge in [-0.2, -0.15) is 5.26 Å². The number of rotatable bonds is 1. The maximum Gasteiger partial charge on any atom is 0.152 e. The minimum atomic E-state index is 0.458. The molecule has 0 aliphatic carbocycles. The third-order valence-electron chi connectivity index (χ3n) is 3.20. The summed E-state index contributed by atoms with van der Waals surface area (Å²) in [6, 6.07) is 17.5. The zero-order valence-corrected chi connectivity index (χ0v) is 9.55. The number of benzene rings is 3. The molecule has 84 valence electrons. The highest BCUT2D eigenvalue weighted by Crippen LogP contribution is 2.31. The molecule has 18 heavy (non-hydrogen) atoms. The van der Waals surface area contributed by atoms with Crippen LogP contribution in [0.25, 0.3) is 21.5 Å². The normalized spacial score (nSPS) is 10.4. The van der Waals surface area contributed by atoms with Crippen LogP contribution in [0.4, 0.5) is 0 Å². The van der Waals surface area contributed by atoms with E-state index in [2.05, 4.69) is 6.07 Å². The first-order chi connectivity index (χ1) is 8.86. The van der Waals surface area contributed by atoms with Gasteiger partial charge in [-0.25, -0.2) is 0 Å². The second-order valence-corrected chi connectivity index (χ2v) is 4.11. The van der Waals surface area contributed by atoms with Gasteiger partial charge < -0.3 is 0 Å². The molecule has 3 aromatic rings. The number of fused-ring (bicyclic) bond motifs is 3. The van der Waals surface area contributed by atoms with E-state index in [-0.39, 0.29) is 0 Å². The average Bonchev–Trinajstić information content (AvgIpc) is 2.45. The number of hydrogen-bond donors (Lipinski definition) is 0. The average molecular weight is 231 g/mol. The van der Waals surface area contributed by atoms with Crippen molar-refractivity contribution in [3.05, 3.63) is 59.7 Å². The van der Waals surface area contributed by atoms with Crippen LogP contribution >= 0.6 is 0 Å². The Hall–Kier alpha value is -2.66. The van der Waals surface area contributed by atoms with Crippen molar-refractivity contribution in [3.8, 4) is 6.07 Å². The fourth-order valence-electron chi connectivity index (χ4n) is 2.41. The molecular weight excluding hydrogens is 222 g/mol. The highest BCUT2D eigenvalue weighted by molar-refractivity contribution is 6.16. The maximum atomic E-state index is 11.3. The zero-order valence-electron chi connectivity index (χ0n) is 9.55. The molecule has 0 heterocycles. The molecule has 2 heteroatoms. The van der Waals surface area contributed by atoms with Gasteiger partial charge in [0.25, 0.3) is 0 Å². The van der Waals surface area contributed by atoms with Crippen molar-refractivity contribution in [2.24, 2.45) is 0 Å². The van der Waals surface area contributed by atoms with Crippen molar-refractivity contribution in [2.75, 3.05) is 0 Å². The van der Waals surface area contributed by atoms with Crippen molar-refractivity contribution in [1.82, 2.24) is 0 Å². The Kier molecular flexibility index (Phi) is 2.32. The van der Waals surface area contributed by atoms with Crippen LogP contribution in [0, 0.1) is 11.3 Å². The molecule has 0 atom stereocenters. The van der Waals surface area contributed by atoms with Crippen LogP contribution in [0.5, 0.6) is 0 Å². The van der Waals surface area contributed by atoms with Gasteiger partial charge in [0.1, 0.15) is 6.07 Å². The molecule has 0 bridgehead atoms. The van der Waals surface area contributed by atoms with E-state index in [0.717, 1.165) is 27.8 Å². The second kappa shape index (κ2) is 3.97. The van der Waals surface area contributed by atoms with Gasteiger partial charge in [0.05, 0.1) is 5.56 Å². The third kappa shape index (κ3) is 1.31. The lowest BCUT2D eigenvalue weighted by molar-refractivity contribution is 0.112. The fraction of sp³-hybridized carbons (Fsp3) is 0. The van der Waals surface area contributed by atoms with Gasteiger partial charge in [-0.15, -0.1) is 0 Å². The molecule has 0 aliphatic heterocycles. The quantitative estimate of drug-likeness (QED) is 0.473. The van der Waals surface area contributed by atoms with Crippen LogP contribution < -0.4 is 0 Å². The first kappa shape index (κ1) is 10.5. The Labute approximate surface area is 104 Å². The number of nitriles is 1. The zero-order chi connectivity index (χ0) is 12.5. The van der Waals surface area contributed by atoms with E-state index < -0.39 is 0 Å². The Balaban J connectivity index is 2.71. The third-order valence-corrected chi connectivity index (χ3v) is 3.20. The first-order valence-corrected chi connectivity index (χ1v) is 5.65. The molecule has 0 unspecified atom stereocenters. The van der Waals surface area contributed by atoms with Gasteiger partial charge in [0.2, 0.25) is 0 Å². The van der Waals surface area contributed by atoms with Crippen LogP contribution in [0.15, 0.2) is 48.5 Å². The van der Waals surface area contributed by atoms with Crippen LogP contribution in [0.3, 0.4) is 0 Å². The van der Waals surface area contributed by atoms with E-state index in [1.165, 1.54) is 0 Å². The molecule has 2 nitrogen and oxygen atoms in total. The van der Waals surface area contributed by atoms with E-state index in [9.17, 15) is 10.1 Å². The smallest absolute Gasteiger partial charge is 0.152 e. The Bertz CT molecular complexity index is 812. The predicted molar refractivity (Wildman–Crippen MR) is 71.6 cm³/mol. The highest BCUT2D eigenvalue weighted by Gasteiger charge is 2.12. The molecule has 0 aliphatic rings.